The van der Waals surface area contributed by atoms with Crippen molar-refractivity contribution in [1.29, 1.82) is 5.26 Å². The van der Waals surface area contributed by atoms with Crippen LogP contribution in [0.2, 0.25) is 0 Å². The van der Waals surface area contributed by atoms with Crippen molar-refractivity contribution in [3.8, 4) is 16.8 Å². The summed E-state index contributed by atoms with van der Waals surface area (Å²) in [6.07, 6.45) is 3.79. The van der Waals surface area contributed by atoms with Gasteiger partial charge in [0.2, 0.25) is 0 Å². The van der Waals surface area contributed by atoms with Gasteiger partial charge in [-0.1, -0.05) is 0 Å². The Balaban J connectivity index is 1.99. The van der Waals surface area contributed by atoms with Gasteiger partial charge in [0.25, 0.3) is 0 Å². The lowest BCUT2D eigenvalue weighted by atomic mass is 10.1. The molecule has 15 heavy (non-hydrogen) atoms. The number of thiazole rings is 1. The highest BCUT2D eigenvalue weighted by molar-refractivity contribution is 7.13. The molecule has 1 saturated carbocycles. The molecule has 0 saturated heterocycles. The molecule has 0 spiro atoms. The van der Waals surface area contributed by atoms with Crippen molar-refractivity contribution in [1.82, 2.24) is 9.97 Å². The Morgan fingerprint density at radius 3 is 3.00 bits per heavy atom. The van der Waals surface area contributed by atoms with Gasteiger partial charge in [0, 0.05) is 11.6 Å². The highest BCUT2D eigenvalue weighted by Gasteiger charge is 2.47. The number of aromatic amines is 1. The molecule has 0 atom stereocenters. The van der Waals surface area contributed by atoms with E-state index >= 15 is 0 Å². The molecule has 4 heteroatoms. The number of hydrogen-bond donors (Lipinski definition) is 1. The van der Waals surface area contributed by atoms with Crippen LogP contribution in [-0.2, 0) is 5.41 Å². The molecule has 2 heterocycles. The van der Waals surface area contributed by atoms with Crippen LogP contribution < -0.4 is 0 Å². The van der Waals surface area contributed by atoms with E-state index < -0.39 is 0 Å². The molecule has 1 N–H and O–H groups in total. The van der Waals surface area contributed by atoms with Gasteiger partial charge in [0.1, 0.15) is 10.4 Å². The number of rotatable bonds is 2. The molecule has 0 aliphatic heterocycles. The van der Waals surface area contributed by atoms with E-state index in [1.165, 1.54) is 0 Å². The zero-order valence-corrected chi connectivity index (χ0v) is 8.84. The Bertz CT molecular complexity index is 514. The van der Waals surface area contributed by atoms with Crippen LogP contribution in [0.4, 0.5) is 0 Å². The lowest BCUT2D eigenvalue weighted by Crippen LogP contribution is -2.02. The van der Waals surface area contributed by atoms with Crippen LogP contribution in [0.25, 0.3) is 10.7 Å². The fraction of sp³-hybridized carbons (Fsp3) is 0.273. The Morgan fingerprint density at radius 2 is 2.40 bits per heavy atom. The normalized spacial score (nSPS) is 17.3. The maximum atomic E-state index is 9.06. The van der Waals surface area contributed by atoms with Gasteiger partial charge in [-0.25, -0.2) is 4.98 Å². The van der Waals surface area contributed by atoms with Crippen molar-refractivity contribution in [3.05, 3.63) is 29.4 Å². The van der Waals surface area contributed by atoms with Crippen LogP contribution in [0.15, 0.2) is 23.7 Å². The van der Waals surface area contributed by atoms with Crippen molar-refractivity contribution in [2.75, 3.05) is 0 Å². The first-order valence-corrected chi connectivity index (χ1v) is 5.73. The first-order chi connectivity index (χ1) is 7.34. The molecular weight excluding hydrogens is 206 g/mol. The minimum atomic E-state index is -0.263. The second kappa shape index (κ2) is 2.94. The average Bonchev–Trinajstić information content (AvgIpc) is 2.74. The summed E-state index contributed by atoms with van der Waals surface area (Å²) in [5, 5.41) is 12.0. The Kier molecular flexibility index (Phi) is 1.70. The summed E-state index contributed by atoms with van der Waals surface area (Å²) in [7, 11) is 0. The van der Waals surface area contributed by atoms with E-state index in [0.717, 1.165) is 29.2 Å². The van der Waals surface area contributed by atoms with Crippen LogP contribution in [0.5, 0.6) is 0 Å². The van der Waals surface area contributed by atoms with Crippen molar-refractivity contribution in [3.63, 3.8) is 0 Å². The van der Waals surface area contributed by atoms with E-state index in [4.69, 9.17) is 5.26 Å². The highest BCUT2D eigenvalue weighted by Crippen LogP contribution is 2.48. The second-order valence-corrected chi connectivity index (χ2v) is 4.67. The molecule has 2 aromatic rings. The van der Waals surface area contributed by atoms with E-state index in [1.54, 1.807) is 11.3 Å². The summed E-state index contributed by atoms with van der Waals surface area (Å²) >= 11 is 1.60. The maximum absolute atomic E-state index is 9.06. The fourth-order valence-electron chi connectivity index (χ4n) is 1.63. The monoisotopic (exact) mass is 215 g/mol. The number of hydrogen-bond acceptors (Lipinski definition) is 3. The minimum absolute atomic E-state index is 0.263. The third kappa shape index (κ3) is 1.28. The van der Waals surface area contributed by atoms with E-state index in [9.17, 15) is 0 Å². The Labute approximate surface area is 91.4 Å². The molecule has 1 aliphatic carbocycles. The Hall–Kier alpha value is -1.60. The zero-order chi connectivity index (χ0) is 10.3. The van der Waals surface area contributed by atoms with Gasteiger partial charge >= 0.3 is 0 Å². The topological polar surface area (TPSA) is 52.5 Å². The molecule has 74 valence electrons. The molecule has 0 amide bonds. The highest BCUT2D eigenvalue weighted by atomic mass is 32.1. The molecule has 0 bridgehead atoms. The number of nitrogens with zero attached hydrogens (tertiary/aromatic N) is 2. The molecule has 0 radical (unpaired) electrons. The average molecular weight is 215 g/mol. The van der Waals surface area contributed by atoms with Crippen molar-refractivity contribution in [2.24, 2.45) is 0 Å². The Morgan fingerprint density at radius 1 is 1.53 bits per heavy atom. The summed E-state index contributed by atoms with van der Waals surface area (Å²) in [5.74, 6) is 0. The van der Waals surface area contributed by atoms with Crippen LogP contribution in [0.1, 0.15) is 18.5 Å². The fourth-order valence-corrected chi connectivity index (χ4v) is 2.54. The third-order valence-corrected chi connectivity index (χ3v) is 3.66. The SMILES string of the molecule is N#CC1(c2csc(-c3ccc[nH]3)n2)CC1. The van der Waals surface area contributed by atoms with Gasteiger partial charge in [-0.05, 0) is 25.0 Å². The minimum Gasteiger partial charge on any atom is -0.359 e. The summed E-state index contributed by atoms with van der Waals surface area (Å²) in [6.45, 7) is 0. The van der Waals surface area contributed by atoms with Crippen LogP contribution in [0.3, 0.4) is 0 Å². The van der Waals surface area contributed by atoms with E-state index in [-0.39, 0.29) is 5.41 Å². The summed E-state index contributed by atoms with van der Waals surface area (Å²) in [5.41, 5.74) is 1.71. The molecule has 0 aromatic carbocycles. The molecule has 3 nitrogen and oxygen atoms in total. The molecule has 1 fully saturated rings. The standard InChI is InChI=1S/C11H9N3S/c12-7-11(3-4-11)9-6-15-10(14-9)8-2-1-5-13-8/h1-2,5-6,13H,3-4H2. The molecule has 0 unspecified atom stereocenters. The molecule has 1 aliphatic rings. The predicted molar refractivity (Wildman–Crippen MR) is 58.4 cm³/mol. The third-order valence-electron chi connectivity index (χ3n) is 2.79. The van der Waals surface area contributed by atoms with Crippen molar-refractivity contribution < 1.29 is 0 Å². The van der Waals surface area contributed by atoms with Gasteiger partial charge in [-0.2, -0.15) is 5.26 Å². The van der Waals surface area contributed by atoms with E-state index in [2.05, 4.69) is 16.0 Å². The summed E-state index contributed by atoms with van der Waals surface area (Å²) < 4.78 is 0. The molecular formula is C11H9N3S. The lowest BCUT2D eigenvalue weighted by Gasteiger charge is -1.97. The molecule has 3 rings (SSSR count). The number of nitriles is 1. The number of aromatic nitrogens is 2. The quantitative estimate of drug-likeness (QED) is 0.837. The van der Waals surface area contributed by atoms with Crippen LogP contribution in [0, 0.1) is 11.3 Å². The smallest absolute Gasteiger partial charge is 0.139 e. The first-order valence-electron chi connectivity index (χ1n) is 4.85. The second-order valence-electron chi connectivity index (χ2n) is 3.82. The van der Waals surface area contributed by atoms with Gasteiger partial charge in [-0.15, -0.1) is 11.3 Å². The van der Waals surface area contributed by atoms with E-state index in [1.807, 2.05) is 23.7 Å². The number of H-pyrrole nitrogens is 1. The van der Waals surface area contributed by atoms with Gasteiger partial charge in [0.15, 0.2) is 0 Å². The lowest BCUT2D eigenvalue weighted by molar-refractivity contribution is 0.868. The van der Waals surface area contributed by atoms with Crippen LogP contribution >= 0.6 is 11.3 Å². The van der Waals surface area contributed by atoms with Crippen molar-refractivity contribution >= 4 is 11.3 Å². The van der Waals surface area contributed by atoms with Gasteiger partial charge < -0.3 is 4.98 Å². The predicted octanol–water partition coefficient (Wildman–Crippen LogP) is 2.69. The maximum Gasteiger partial charge on any atom is 0.139 e. The summed E-state index contributed by atoms with van der Waals surface area (Å²) in [4.78, 5) is 7.64. The zero-order valence-electron chi connectivity index (χ0n) is 8.03. The van der Waals surface area contributed by atoms with Crippen molar-refractivity contribution in [2.45, 2.75) is 18.3 Å². The first kappa shape index (κ1) is 8.69. The van der Waals surface area contributed by atoms with E-state index in [0.29, 0.717) is 0 Å². The van der Waals surface area contributed by atoms with Gasteiger partial charge in [0.05, 0.1) is 17.5 Å². The molecule has 2 aromatic heterocycles. The van der Waals surface area contributed by atoms with Gasteiger partial charge in [-0.3, -0.25) is 0 Å². The number of nitrogens with one attached hydrogen (secondary N) is 1. The summed E-state index contributed by atoms with van der Waals surface area (Å²) in [6, 6.07) is 6.31. The van der Waals surface area contributed by atoms with Crippen LogP contribution in [-0.4, -0.2) is 9.97 Å². The largest absolute Gasteiger partial charge is 0.359 e.